The molecule has 0 radical (unpaired) electrons. The van der Waals surface area contributed by atoms with Crippen LogP contribution in [0.5, 0.6) is 0 Å². The molecule has 3 atom stereocenters. The molecule has 1 aliphatic heterocycles. The van der Waals surface area contributed by atoms with Crippen molar-refractivity contribution < 1.29 is 0 Å². The Morgan fingerprint density at radius 2 is 1.88 bits per heavy atom. The van der Waals surface area contributed by atoms with Gasteiger partial charge in [-0.15, -0.1) is 0 Å². The van der Waals surface area contributed by atoms with Crippen molar-refractivity contribution in [3.05, 3.63) is 35.9 Å². The van der Waals surface area contributed by atoms with Crippen molar-refractivity contribution in [2.45, 2.75) is 58.0 Å². The molecule has 0 saturated carbocycles. The van der Waals surface area contributed by atoms with E-state index >= 15 is 0 Å². The zero-order valence-corrected chi connectivity index (χ0v) is 11.6. The van der Waals surface area contributed by atoms with E-state index in [0.29, 0.717) is 5.92 Å². The maximum absolute atomic E-state index is 3.92. The highest BCUT2D eigenvalue weighted by Gasteiger charge is 2.42. The first kappa shape index (κ1) is 12.6. The van der Waals surface area contributed by atoms with Crippen molar-refractivity contribution in [3.63, 3.8) is 0 Å². The van der Waals surface area contributed by atoms with Gasteiger partial charge in [0.15, 0.2) is 0 Å². The van der Waals surface area contributed by atoms with Crippen molar-refractivity contribution in [1.82, 2.24) is 5.32 Å². The fourth-order valence-corrected chi connectivity index (χ4v) is 3.04. The van der Waals surface area contributed by atoms with Gasteiger partial charge >= 0.3 is 0 Å². The summed E-state index contributed by atoms with van der Waals surface area (Å²) in [5, 5.41) is 3.92. The highest BCUT2D eigenvalue weighted by molar-refractivity contribution is 5.26. The molecule has 94 valence electrons. The van der Waals surface area contributed by atoms with Crippen LogP contribution in [0.1, 0.15) is 52.5 Å². The summed E-state index contributed by atoms with van der Waals surface area (Å²) in [7, 11) is 0. The van der Waals surface area contributed by atoms with E-state index in [2.05, 4.69) is 63.3 Å². The Morgan fingerprint density at radius 3 is 2.47 bits per heavy atom. The van der Waals surface area contributed by atoms with Crippen LogP contribution >= 0.6 is 0 Å². The molecule has 1 saturated heterocycles. The lowest BCUT2D eigenvalue weighted by Gasteiger charge is -2.50. The van der Waals surface area contributed by atoms with Crippen molar-refractivity contribution >= 4 is 0 Å². The van der Waals surface area contributed by atoms with Gasteiger partial charge in [-0.25, -0.2) is 0 Å². The van der Waals surface area contributed by atoms with Gasteiger partial charge in [0.2, 0.25) is 0 Å². The van der Waals surface area contributed by atoms with E-state index < -0.39 is 0 Å². The molecule has 1 heteroatoms. The molecule has 0 amide bonds. The van der Waals surface area contributed by atoms with Crippen LogP contribution in [0, 0.1) is 5.92 Å². The molecular weight excluding hydrogens is 206 g/mol. The summed E-state index contributed by atoms with van der Waals surface area (Å²) in [5.74, 6) is 0.685. The summed E-state index contributed by atoms with van der Waals surface area (Å²) >= 11 is 0. The lowest BCUT2D eigenvalue weighted by molar-refractivity contribution is 0.0935. The van der Waals surface area contributed by atoms with Gasteiger partial charge in [0.25, 0.3) is 0 Å². The second-order valence-corrected chi connectivity index (χ2v) is 6.05. The fourth-order valence-electron chi connectivity index (χ4n) is 3.04. The predicted octanol–water partition coefficient (Wildman–Crippen LogP) is 4.09. The summed E-state index contributed by atoms with van der Waals surface area (Å²) in [5.41, 5.74) is 1.83. The van der Waals surface area contributed by atoms with Gasteiger partial charge in [-0.2, -0.15) is 0 Å². The molecule has 0 aliphatic carbocycles. The van der Waals surface area contributed by atoms with Crippen LogP contribution in [-0.4, -0.2) is 5.54 Å². The zero-order valence-electron chi connectivity index (χ0n) is 11.6. The van der Waals surface area contributed by atoms with Crippen molar-refractivity contribution in [2.75, 3.05) is 0 Å². The molecule has 17 heavy (non-hydrogen) atoms. The van der Waals surface area contributed by atoms with Crippen LogP contribution in [-0.2, 0) is 5.54 Å². The number of hydrogen-bond donors (Lipinski definition) is 1. The average molecular weight is 231 g/mol. The second-order valence-electron chi connectivity index (χ2n) is 6.05. The summed E-state index contributed by atoms with van der Waals surface area (Å²) in [6.45, 7) is 9.38. The fraction of sp³-hybridized carbons (Fsp3) is 0.625. The number of hydrogen-bond acceptors (Lipinski definition) is 1. The minimum Gasteiger partial charge on any atom is -0.302 e. The minimum absolute atomic E-state index is 0.115. The largest absolute Gasteiger partial charge is 0.302 e. The van der Waals surface area contributed by atoms with E-state index in [1.807, 2.05) is 0 Å². The summed E-state index contributed by atoms with van der Waals surface area (Å²) in [6, 6.07) is 10.9. The van der Waals surface area contributed by atoms with Crippen LogP contribution in [0.2, 0.25) is 0 Å². The monoisotopic (exact) mass is 231 g/mol. The molecule has 1 nitrogen and oxygen atoms in total. The zero-order chi connectivity index (χ0) is 12.5. The van der Waals surface area contributed by atoms with E-state index in [1.54, 1.807) is 0 Å². The molecule has 0 aromatic heterocycles. The first-order valence-electron chi connectivity index (χ1n) is 6.85. The van der Waals surface area contributed by atoms with Crippen molar-refractivity contribution in [3.8, 4) is 0 Å². The third-order valence-electron chi connectivity index (χ3n) is 4.83. The molecule has 1 aliphatic rings. The SMILES string of the molecule is CCC1(C)CCC(C)C(C)(c2ccccc2)N1. The minimum atomic E-state index is 0.115. The van der Waals surface area contributed by atoms with Gasteiger partial charge in [0.05, 0.1) is 0 Å². The number of benzene rings is 1. The second kappa shape index (κ2) is 4.45. The van der Waals surface area contributed by atoms with Crippen LogP contribution < -0.4 is 5.32 Å². The summed E-state index contributed by atoms with van der Waals surface area (Å²) in [4.78, 5) is 0. The lowest BCUT2D eigenvalue weighted by atomic mass is 9.70. The van der Waals surface area contributed by atoms with Crippen LogP contribution in [0.3, 0.4) is 0 Å². The average Bonchev–Trinajstić information content (AvgIpc) is 2.36. The molecule has 1 fully saturated rings. The smallest absolute Gasteiger partial charge is 0.0436 e. The topological polar surface area (TPSA) is 12.0 Å². The van der Waals surface area contributed by atoms with Gasteiger partial charge < -0.3 is 5.32 Å². The Kier molecular flexibility index (Phi) is 3.31. The van der Waals surface area contributed by atoms with Gasteiger partial charge in [0.1, 0.15) is 0 Å². The third kappa shape index (κ3) is 2.26. The third-order valence-corrected chi connectivity index (χ3v) is 4.83. The molecule has 0 bridgehead atoms. The van der Waals surface area contributed by atoms with E-state index in [1.165, 1.54) is 24.8 Å². The van der Waals surface area contributed by atoms with Gasteiger partial charge in [0, 0.05) is 11.1 Å². The summed E-state index contributed by atoms with van der Waals surface area (Å²) in [6.07, 6.45) is 3.79. The molecule has 1 aromatic carbocycles. The first-order valence-corrected chi connectivity index (χ1v) is 6.85. The maximum Gasteiger partial charge on any atom is 0.0436 e. The highest BCUT2D eigenvalue weighted by atomic mass is 15.1. The first-order chi connectivity index (χ1) is 8.00. The standard InChI is InChI=1S/C16H25N/c1-5-15(3)12-11-13(2)16(4,17-15)14-9-7-6-8-10-14/h6-10,13,17H,5,11-12H2,1-4H3. The van der Waals surface area contributed by atoms with E-state index in [0.717, 1.165) is 0 Å². The highest BCUT2D eigenvalue weighted by Crippen LogP contribution is 2.41. The normalized spacial score (nSPS) is 38.0. The molecule has 0 spiro atoms. The Morgan fingerprint density at radius 1 is 1.24 bits per heavy atom. The number of nitrogens with one attached hydrogen (secondary N) is 1. The van der Waals surface area contributed by atoms with Crippen molar-refractivity contribution in [2.24, 2.45) is 5.92 Å². The number of rotatable bonds is 2. The van der Waals surface area contributed by atoms with E-state index in [4.69, 9.17) is 0 Å². The molecule has 1 aromatic rings. The Bertz CT molecular complexity index is 372. The maximum atomic E-state index is 3.92. The molecule has 3 unspecified atom stereocenters. The van der Waals surface area contributed by atoms with Crippen LogP contribution in [0.4, 0.5) is 0 Å². The lowest BCUT2D eigenvalue weighted by Crippen LogP contribution is -2.59. The van der Waals surface area contributed by atoms with E-state index in [9.17, 15) is 0 Å². The Hall–Kier alpha value is -0.820. The van der Waals surface area contributed by atoms with Gasteiger partial charge in [-0.1, -0.05) is 44.2 Å². The quantitative estimate of drug-likeness (QED) is 0.808. The molecule has 1 N–H and O–H groups in total. The van der Waals surface area contributed by atoms with Crippen LogP contribution in [0.25, 0.3) is 0 Å². The molecule has 2 rings (SSSR count). The number of piperidine rings is 1. The Balaban J connectivity index is 2.34. The predicted molar refractivity (Wildman–Crippen MR) is 74.0 cm³/mol. The molecular formula is C16H25N. The Labute approximate surface area is 106 Å². The van der Waals surface area contributed by atoms with Gasteiger partial charge in [-0.3, -0.25) is 0 Å². The van der Waals surface area contributed by atoms with Gasteiger partial charge in [-0.05, 0) is 44.6 Å². The van der Waals surface area contributed by atoms with E-state index in [-0.39, 0.29) is 11.1 Å². The van der Waals surface area contributed by atoms with Crippen LogP contribution in [0.15, 0.2) is 30.3 Å². The molecule has 1 heterocycles. The van der Waals surface area contributed by atoms with Crippen molar-refractivity contribution in [1.29, 1.82) is 0 Å². The summed E-state index contributed by atoms with van der Waals surface area (Å²) < 4.78 is 0.